The lowest BCUT2D eigenvalue weighted by atomic mass is 9.88. The number of carbonyl (C=O) groups is 2. The standard InChI is InChI=1S/C31H31N3O3S2/c1-37-25-14-8-13-23(19-25)27-20-38-31(33-27)34-30(36)28(21-9-4-2-5-10-21)39-26-17-15-24(16-18-26)32-29(35)22-11-6-3-7-12-22/h2,4-5,8-10,13-20,22,28H,3,6-7,11-12H2,1H3,(H,32,35)(H,33,34,36). The molecule has 2 amide bonds. The van der Waals surface area contributed by atoms with Crippen LogP contribution in [0, 0.1) is 5.92 Å². The first-order valence-corrected chi connectivity index (χ1v) is 14.9. The second kappa shape index (κ2) is 13.0. The summed E-state index contributed by atoms with van der Waals surface area (Å²) in [4.78, 5) is 31.7. The zero-order valence-electron chi connectivity index (χ0n) is 21.8. The molecule has 2 N–H and O–H groups in total. The molecule has 1 fully saturated rings. The molecule has 0 bridgehead atoms. The minimum Gasteiger partial charge on any atom is -0.497 e. The Kier molecular flexibility index (Phi) is 8.96. The van der Waals surface area contributed by atoms with Crippen molar-refractivity contribution >= 4 is 45.7 Å². The highest BCUT2D eigenvalue weighted by Gasteiger charge is 2.24. The summed E-state index contributed by atoms with van der Waals surface area (Å²) in [6.45, 7) is 0. The Bertz CT molecular complexity index is 1400. The third kappa shape index (κ3) is 7.07. The van der Waals surface area contributed by atoms with Gasteiger partial charge in [0.2, 0.25) is 11.8 Å². The predicted molar refractivity (Wildman–Crippen MR) is 159 cm³/mol. The summed E-state index contributed by atoms with van der Waals surface area (Å²) in [6, 6.07) is 25.1. The molecule has 0 aliphatic heterocycles. The molecular weight excluding hydrogens is 526 g/mol. The van der Waals surface area contributed by atoms with Crippen molar-refractivity contribution in [2.75, 3.05) is 17.7 Å². The maximum absolute atomic E-state index is 13.5. The van der Waals surface area contributed by atoms with Crippen molar-refractivity contribution in [3.05, 3.63) is 89.8 Å². The van der Waals surface area contributed by atoms with Crippen LogP contribution in [-0.4, -0.2) is 23.9 Å². The number of nitrogens with one attached hydrogen (secondary N) is 2. The molecule has 1 aromatic heterocycles. The third-order valence-corrected chi connectivity index (χ3v) is 8.82. The minimum absolute atomic E-state index is 0.105. The summed E-state index contributed by atoms with van der Waals surface area (Å²) in [5.74, 6) is 0.821. The van der Waals surface area contributed by atoms with Crippen molar-refractivity contribution < 1.29 is 14.3 Å². The fraction of sp³-hybridized carbons (Fsp3) is 0.258. The van der Waals surface area contributed by atoms with Gasteiger partial charge in [-0.2, -0.15) is 0 Å². The Hall–Kier alpha value is -3.62. The summed E-state index contributed by atoms with van der Waals surface area (Å²) in [7, 11) is 1.63. The number of anilines is 2. The molecule has 39 heavy (non-hydrogen) atoms. The van der Waals surface area contributed by atoms with Gasteiger partial charge in [0.05, 0.1) is 12.8 Å². The molecule has 1 atom stereocenters. The van der Waals surface area contributed by atoms with Crippen molar-refractivity contribution in [2.24, 2.45) is 5.92 Å². The summed E-state index contributed by atoms with van der Waals surface area (Å²) in [5.41, 5.74) is 3.39. The Morgan fingerprint density at radius 2 is 1.72 bits per heavy atom. The van der Waals surface area contributed by atoms with Gasteiger partial charge in [0, 0.05) is 27.4 Å². The quantitative estimate of drug-likeness (QED) is 0.205. The van der Waals surface area contributed by atoms with E-state index >= 15 is 0 Å². The highest BCUT2D eigenvalue weighted by atomic mass is 32.2. The van der Waals surface area contributed by atoms with Crippen molar-refractivity contribution in [2.45, 2.75) is 42.2 Å². The van der Waals surface area contributed by atoms with Gasteiger partial charge in [0.1, 0.15) is 11.0 Å². The van der Waals surface area contributed by atoms with Crippen molar-refractivity contribution in [3.63, 3.8) is 0 Å². The van der Waals surface area contributed by atoms with Crippen LogP contribution in [0.1, 0.15) is 42.9 Å². The van der Waals surface area contributed by atoms with Crippen LogP contribution in [0.3, 0.4) is 0 Å². The molecule has 0 radical (unpaired) electrons. The van der Waals surface area contributed by atoms with Gasteiger partial charge in [-0.05, 0) is 54.8 Å². The topological polar surface area (TPSA) is 80.3 Å². The molecule has 200 valence electrons. The molecule has 1 unspecified atom stereocenters. The zero-order chi connectivity index (χ0) is 27.0. The largest absolute Gasteiger partial charge is 0.497 e. The first-order chi connectivity index (χ1) is 19.1. The number of hydrogen-bond acceptors (Lipinski definition) is 6. The van der Waals surface area contributed by atoms with Gasteiger partial charge in [-0.15, -0.1) is 23.1 Å². The molecule has 1 saturated carbocycles. The number of thiazole rings is 1. The summed E-state index contributed by atoms with van der Waals surface area (Å²) < 4.78 is 5.32. The van der Waals surface area contributed by atoms with E-state index in [0.29, 0.717) is 5.13 Å². The van der Waals surface area contributed by atoms with E-state index in [-0.39, 0.29) is 17.7 Å². The van der Waals surface area contributed by atoms with Gasteiger partial charge in [0.25, 0.3) is 0 Å². The molecule has 6 nitrogen and oxygen atoms in total. The fourth-order valence-electron chi connectivity index (χ4n) is 4.68. The Morgan fingerprint density at radius 3 is 2.46 bits per heavy atom. The highest BCUT2D eigenvalue weighted by Crippen LogP contribution is 2.37. The molecule has 8 heteroatoms. The Labute approximate surface area is 237 Å². The number of benzene rings is 3. The molecule has 1 heterocycles. The number of methoxy groups -OCH3 is 1. The van der Waals surface area contributed by atoms with Crippen LogP contribution in [0.15, 0.2) is 89.1 Å². The van der Waals surface area contributed by atoms with Crippen molar-refractivity contribution in [1.82, 2.24) is 4.98 Å². The second-order valence-corrected chi connectivity index (χ2v) is 11.6. The molecule has 5 rings (SSSR count). The zero-order valence-corrected chi connectivity index (χ0v) is 23.4. The van der Waals surface area contributed by atoms with Crippen molar-refractivity contribution in [1.29, 1.82) is 0 Å². The molecule has 4 aromatic rings. The molecule has 1 aliphatic rings. The van der Waals surface area contributed by atoms with E-state index in [2.05, 4.69) is 15.6 Å². The monoisotopic (exact) mass is 557 g/mol. The molecule has 0 spiro atoms. The number of hydrogen-bond donors (Lipinski definition) is 2. The van der Waals surface area contributed by atoms with Crippen LogP contribution in [0.2, 0.25) is 0 Å². The minimum atomic E-state index is -0.474. The number of nitrogens with zero attached hydrogens (tertiary/aromatic N) is 1. The van der Waals surface area contributed by atoms with Crippen LogP contribution < -0.4 is 15.4 Å². The van der Waals surface area contributed by atoms with E-state index in [4.69, 9.17) is 4.74 Å². The summed E-state index contributed by atoms with van der Waals surface area (Å²) in [5, 5.41) is 8.07. The molecule has 3 aromatic carbocycles. The van der Waals surface area contributed by atoms with Gasteiger partial charge in [-0.25, -0.2) is 4.98 Å². The van der Waals surface area contributed by atoms with Crippen LogP contribution in [0.4, 0.5) is 10.8 Å². The van der Waals surface area contributed by atoms with Gasteiger partial charge in [-0.1, -0.05) is 61.7 Å². The summed E-state index contributed by atoms with van der Waals surface area (Å²) in [6.07, 6.45) is 5.40. The molecule has 1 aliphatic carbocycles. The lowest BCUT2D eigenvalue weighted by molar-refractivity contribution is -0.120. The van der Waals surface area contributed by atoms with Crippen molar-refractivity contribution in [3.8, 4) is 17.0 Å². The highest BCUT2D eigenvalue weighted by molar-refractivity contribution is 8.00. The second-order valence-electron chi connectivity index (χ2n) is 9.52. The van der Waals surface area contributed by atoms with Gasteiger partial charge < -0.3 is 15.4 Å². The average molecular weight is 558 g/mol. The Morgan fingerprint density at radius 1 is 0.949 bits per heavy atom. The first-order valence-electron chi connectivity index (χ1n) is 13.1. The van der Waals surface area contributed by atoms with E-state index < -0.39 is 5.25 Å². The molecule has 0 saturated heterocycles. The van der Waals surface area contributed by atoms with Crippen LogP contribution >= 0.6 is 23.1 Å². The normalized spacial score (nSPS) is 14.4. The average Bonchev–Trinajstić information content (AvgIpc) is 3.46. The van der Waals surface area contributed by atoms with Crippen LogP contribution in [0.25, 0.3) is 11.3 Å². The third-order valence-electron chi connectivity index (χ3n) is 6.79. The van der Waals surface area contributed by atoms with Gasteiger partial charge in [-0.3, -0.25) is 9.59 Å². The van der Waals surface area contributed by atoms with E-state index in [0.717, 1.165) is 58.8 Å². The number of ether oxygens (including phenoxy) is 1. The fourth-order valence-corrected chi connectivity index (χ4v) is 6.43. The number of amides is 2. The maximum atomic E-state index is 13.5. The summed E-state index contributed by atoms with van der Waals surface area (Å²) >= 11 is 2.86. The lowest BCUT2D eigenvalue weighted by Crippen LogP contribution is -2.24. The van der Waals surface area contributed by atoms with E-state index in [1.54, 1.807) is 7.11 Å². The SMILES string of the molecule is COc1cccc(-c2csc(NC(=O)C(Sc3ccc(NC(=O)C4CCCCC4)cc3)c3ccccc3)n2)c1. The maximum Gasteiger partial charge on any atom is 0.244 e. The predicted octanol–water partition coefficient (Wildman–Crippen LogP) is 7.81. The van der Waals surface area contributed by atoms with Gasteiger partial charge >= 0.3 is 0 Å². The van der Waals surface area contributed by atoms with E-state index in [1.165, 1.54) is 29.5 Å². The van der Waals surface area contributed by atoms with Gasteiger partial charge in [0.15, 0.2) is 5.13 Å². The Balaban J connectivity index is 1.27. The number of carbonyl (C=O) groups excluding carboxylic acids is 2. The van der Waals surface area contributed by atoms with E-state index in [9.17, 15) is 9.59 Å². The smallest absolute Gasteiger partial charge is 0.244 e. The first kappa shape index (κ1) is 27.0. The van der Waals surface area contributed by atoms with Crippen LogP contribution in [-0.2, 0) is 9.59 Å². The van der Waals surface area contributed by atoms with E-state index in [1.807, 2.05) is 84.2 Å². The molecular formula is C31H31N3O3S2. The number of aromatic nitrogens is 1. The number of rotatable bonds is 9. The lowest BCUT2D eigenvalue weighted by Gasteiger charge is -2.21. The number of thioether (sulfide) groups is 1. The van der Waals surface area contributed by atoms with Crippen LogP contribution in [0.5, 0.6) is 5.75 Å².